The van der Waals surface area contributed by atoms with Gasteiger partial charge in [0.05, 0.1) is 11.8 Å². The average molecular weight is 252 g/mol. The van der Waals surface area contributed by atoms with Gasteiger partial charge in [0.2, 0.25) is 0 Å². The molecule has 1 aromatic carbocycles. The molecule has 0 spiro atoms. The van der Waals surface area contributed by atoms with Crippen LogP contribution in [0.25, 0.3) is 11.3 Å². The largest absolute Gasteiger partial charge is 0.345 e. The van der Waals surface area contributed by atoms with Crippen molar-refractivity contribution in [2.24, 2.45) is 0 Å². The van der Waals surface area contributed by atoms with Crippen LogP contribution in [0.4, 0.5) is 5.82 Å². The fourth-order valence-corrected chi connectivity index (χ4v) is 1.87. The van der Waals surface area contributed by atoms with Crippen molar-refractivity contribution in [3.63, 3.8) is 0 Å². The number of aromatic nitrogens is 2. The Kier molecular flexibility index (Phi) is 3.76. The van der Waals surface area contributed by atoms with Crippen LogP contribution >= 0.6 is 0 Å². The van der Waals surface area contributed by atoms with Crippen LogP contribution in [0.15, 0.2) is 30.3 Å². The van der Waals surface area contributed by atoms with Crippen LogP contribution in [0.5, 0.6) is 0 Å². The summed E-state index contributed by atoms with van der Waals surface area (Å²) in [4.78, 5) is 1.76. The summed E-state index contributed by atoms with van der Waals surface area (Å²) in [5, 5.41) is 17.1. The molecule has 0 unspecified atom stereocenters. The lowest BCUT2D eigenvalue weighted by Crippen LogP contribution is -2.18. The second-order valence-electron chi connectivity index (χ2n) is 4.61. The first-order valence-electron chi connectivity index (χ1n) is 6.11. The topological polar surface area (TPSA) is 52.8 Å². The first kappa shape index (κ1) is 13.0. The molecule has 0 saturated heterocycles. The Morgan fingerprint density at radius 3 is 2.58 bits per heavy atom. The Balaban J connectivity index is 2.33. The highest BCUT2D eigenvalue weighted by Crippen LogP contribution is 2.23. The van der Waals surface area contributed by atoms with Crippen molar-refractivity contribution in [2.45, 2.75) is 13.8 Å². The minimum atomic E-state index is 0.303. The predicted molar refractivity (Wildman–Crippen MR) is 75.8 cm³/mol. The van der Waals surface area contributed by atoms with Gasteiger partial charge in [-0.25, -0.2) is 0 Å². The summed E-state index contributed by atoms with van der Waals surface area (Å²) in [7, 11) is 1.82. The van der Waals surface area contributed by atoms with E-state index in [2.05, 4.69) is 48.3 Å². The highest BCUT2D eigenvalue weighted by molar-refractivity contribution is 5.64. The summed E-state index contributed by atoms with van der Waals surface area (Å²) >= 11 is 0. The Hall–Kier alpha value is -2.41. The van der Waals surface area contributed by atoms with Gasteiger partial charge in [-0.1, -0.05) is 17.7 Å². The lowest BCUT2D eigenvalue weighted by Gasteiger charge is -2.13. The second-order valence-corrected chi connectivity index (χ2v) is 4.61. The van der Waals surface area contributed by atoms with Crippen molar-refractivity contribution in [2.75, 3.05) is 18.5 Å². The molecular weight excluding hydrogens is 236 g/mol. The first-order chi connectivity index (χ1) is 9.11. The summed E-state index contributed by atoms with van der Waals surface area (Å²) in [5.74, 6) is 0.704. The van der Waals surface area contributed by atoms with Crippen molar-refractivity contribution in [1.29, 1.82) is 5.26 Å². The minimum absolute atomic E-state index is 0.303. The van der Waals surface area contributed by atoms with E-state index in [9.17, 15) is 0 Å². The molecule has 0 atom stereocenters. The zero-order valence-corrected chi connectivity index (χ0v) is 11.4. The third-order valence-electron chi connectivity index (χ3n) is 3.02. The fourth-order valence-electron chi connectivity index (χ4n) is 1.87. The van der Waals surface area contributed by atoms with Gasteiger partial charge in [-0.05, 0) is 37.6 Å². The van der Waals surface area contributed by atoms with Crippen LogP contribution in [-0.4, -0.2) is 23.8 Å². The van der Waals surface area contributed by atoms with Gasteiger partial charge < -0.3 is 4.90 Å². The van der Waals surface area contributed by atoms with Gasteiger partial charge in [-0.15, -0.1) is 10.2 Å². The van der Waals surface area contributed by atoms with Crippen molar-refractivity contribution < 1.29 is 0 Å². The van der Waals surface area contributed by atoms with Gasteiger partial charge in [0.1, 0.15) is 6.54 Å². The monoisotopic (exact) mass is 252 g/mol. The maximum Gasteiger partial charge on any atom is 0.151 e. The summed E-state index contributed by atoms with van der Waals surface area (Å²) in [5.41, 5.74) is 4.34. The van der Waals surface area contributed by atoms with E-state index in [0.29, 0.717) is 12.4 Å². The molecule has 0 fully saturated rings. The summed E-state index contributed by atoms with van der Waals surface area (Å²) in [6.07, 6.45) is 0. The molecule has 0 radical (unpaired) electrons. The number of anilines is 1. The molecule has 0 bridgehead atoms. The smallest absolute Gasteiger partial charge is 0.151 e. The van der Waals surface area contributed by atoms with Crippen LogP contribution in [0, 0.1) is 25.2 Å². The molecule has 0 saturated carbocycles. The van der Waals surface area contributed by atoms with Crippen LogP contribution in [0.3, 0.4) is 0 Å². The molecule has 1 heterocycles. The molecule has 0 N–H and O–H groups in total. The van der Waals surface area contributed by atoms with E-state index >= 15 is 0 Å². The highest BCUT2D eigenvalue weighted by atomic mass is 15.2. The van der Waals surface area contributed by atoms with Crippen LogP contribution in [0.1, 0.15) is 11.1 Å². The molecule has 4 heteroatoms. The van der Waals surface area contributed by atoms with Gasteiger partial charge in [0, 0.05) is 12.6 Å². The van der Waals surface area contributed by atoms with E-state index in [0.717, 1.165) is 11.3 Å². The van der Waals surface area contributed by atoms with Crippen molar-refractivity contribution in [3.8, 4) is 17.3 Å². The van der Waals surface area contributed by atoms with E-state index < -0.39 is 0 Å². The van der Waals surface area contributed by atoms with Crippen LogP contribution in [-0.2, 0) is 0 Å². The maximum atomic E-state index is 8.66. The van der Waals surface area contributed by atoms with Crippen molar-refractivity contribution in [3.05, 3.63) is 41.5 Å². The molecular formula is C15H16N4. The molecule has 2 rings (SSSR count). The first-order valence-corrected chi connectivity index (χ1v) is 6.11. The molecule has 0 amide bonds. The number of nitrogens with zero attached hydrogens (tertiary/aromatic N) is 4. The zero-order valence-electron chi connectivity index (χ0n) is 11.4. The van der Waals surface area contributed by atoms with Gasteiger partial charge >= 0.3 is 0 Å². The molecule has 0 aliphatic rings. The SMILES string of the molecule is Cc1ccc(C)c(-c2ccc(N(C)CC#N)nn2)c1. The number of rotatable bonds is 3. The second kappa shape index (κ2) is 5.49. The predicted octanol–water partition coefficient (Wildman–Crippen LogP) is 2.72. The Morgan fingerprint density at radius 1 is 1.16 bits per heavy atom. The molecule has 96 valence electrons. The lowest BCUT2D eigenvalue weighted by atomic mass is 10.0. The molecule has 0 aliphatic carbocycles. The van der Waals surface area contributed by atoms with E-state index in [-0.39, 0.29) is 0 Å². The van der Waals surface area contributed by atoms with Gasteiger partial charge in [-0.2, -0.15) is 5.26 Å². The number of nitriles is 1. The summed E-state index contributed by atoms with van der Waals surface area (Å²) < 4.78 is 0. The standard InChI is InChI=1S/C15H16N4/c1-11-4-5-12(2)13(10-11)14-6-7-15(18-17-14)19(3)9-8-16/h4-7,10H,9H2,1-3H3. The van der Waals surface area contributed by atoms with Crippen molar-refractivity contribution in [1.82, 2.24) is 10.2 Å². The molecule has 0 aliphatic heterocycles. The van der Waals surface area contributed by atoms with E-state index in [4.69, 9.17) is 5.26 Å². The van der Waals surface area contributed by atoms with Crippen molar-refractivity contribution >= 4 is 5.82 Å². The highest BCUT2D eigenvalue weighted by Gasteiger charge is 2.07. The third-order valence-corrected chi connectivity index (χ3v) is 3.02. The normalized spacial score (nSPS) is 10.0. The molecule has 1 aromatic heterocycles. The Bertz CT molecular complexity index is 611. The lowest BCUT2D eigenvalue weighted by molar-refractivity contribution is 0.934. The van der Waals surface area contributed by atoms with E-state index in [1.54, 1.807) is 4.90 Å². The van der Waals surface area contributed by atoms with Crippen LogP contribution in [0.2, 0.25) is 0 Å². The fraction of sp³-hybridized carbons (Fsp3) is 0.267. The van der Waals surface area contributed by atoms with E-state index in [1.807, 2.05) is 19.2 Å². The summed E-state index contributed by atoms with van der Waals surface area (Å²) in [6, 6.07) is 12.2. The van der Waals surface area contributed by atoms with E-state index in [1.165, 1.54) is 11.1 Å². The Labute approximate surface area is 113 Å². The molecule has 19 heavy (non-hydrogen) atoms. The molecule has 4 nitrogen and oxygen atoms in total. The zero-order chi connectivity index (χ0) is 13.8. The van der Waals surface area contributed by atoms with Gasteiger partial charge in [0.15, 0.2) is 5.82 Å². The van der Waals surface area contributed by atoms with Gasteiger partial charge in [-0.3, -0.25) is 0 Å². The minimum Gasteiger partial charge on any atom is -0.345 e. The number of aryl methyl sites for hydroxylation is 2. The van der Waals surface area contributed by atoms with Gasteiger partial charge in [0.25, 0.3) is 0 Å². The summed E-state index contributed by atoms with van der Waals surface area (Å²) in [6.45, 7) is 4.43. The number of hydrogen-bond donors (Lipinski definition) is 0. The Morgan fingerprint density at radius 2 is 1.95 bits per heavy atom. The number of hydrogen-bond acceptors (Lipinski definition) is 4. The average Bonchev–Trinajstić information content (AvgIpc) is 2.42. The number of benzene rings is 1. The molecule has 2 aromatic rings. The third kappa shape index (κ3) is 2.89. The quantitative estimate of drug-likeness (QED) is 0.788. The maximum absolute atomic E-state index is 8.66. The van der Waals surface area contributed by atoms with Crippen LogP contribution < -0.4 is 4.90 Å².